The second-order valence-corrected chi connectivity index (χ2v) is 4.93. The van der Waals surface area contributed by atoms with E-state index in [1.54, 1.807) is 0 Å². The summed E-state index contributed by atoms with van der Waals surface area (Å²) in [6, 6.07) is 0. The van der Waals surface area contributed by atoms with Crippen LogP contribution in [0.2, 0.25) is 0 Å². The summed E-state index contributed by atoms with van der Waals surface area (Å²) in [6.45, 7) is 34.5. The van der Waals surface area contributed by atoms with Crippen molar-refractivity contribution in [1.82, 2.24) is 0 Å². The molecule has 4 radical (unpaired) electrons. The van der Waals surface area contributed by atoms with Crippen molar-refractivity contribution >= 4 is 11.9 Å². The summed E-state index contributed by atoms with van der Waals surface area (Å²) in [7, 11) is 2.50. The third-order valence-corrected chi connectivity index (χ3v) is 3.74. The van der Waals surface area contributed by atoms with Crippen molar-refractivity contribution in [3.8, 4) is 0 Å². The zero-order valence-electron chi connectivity index (χ0n) is 18.4. The zero-order chi connectivity index (χ0) is 27.2. The monoisotopic (exact) mass is 568 g/mol. The molecule has 0 aromatic carbocycles. The van der Waals surface area contributed by atoms with Crippen LogP contribution in [0.3, 0.4) is 0 Å². The average molecular weight is 568 g/mol. The summed E-state index contributed by atoms with van der Waals surface area (Å²) < 4.78 is 60.3. The Bertz CT molecular complexity index is 545. The van der Waals surface area contributed by atoms with E-state index in [0.717, 1.165) is 19.3 Å². The van der Waals surface area contributed by atoms with Gasteiger partial charge in [-0.15, -0.1) is 0 Å². The number of carbonyl (C=O) groups excluding carboxylic acids is 2. The van der Waals surface area contributed by atoms with Gasteiger partial charge in [-0.1, -0.05) is 32.8 Å². The Morgan fingerprint density at radius 1 is 0.882 bits per heavy atom. The number of unbranched alkanes of at least 4 members (excludes halogenated alkanes) is 2. The number of rotatable bonds is 7. The van der Waals surface area contributed by atoms with Gasteiger partial charge in [-0.2, -0.15) is 0 Å². The minimum atomic E-state index is -1.44. The number of ether oxygens (including phenoxy) is 3. The first-order valence-electron chi connectivity index (χ1n) is 8.07. The maximum Gasteiger partial charge on any atom is 0.326 e. The van der Waals surface area contributed by atoms with Crippen LogP contribution in [0, 0.1) is 58.0 Å². The first-order chi connectivity index (χ1) is 15.6. The van der Waals surface area contributed by atoms with Gasteiger partial charge >= 0.3 is 79.8 Å². The van der Waals surface area contributed by atoms with Crippen molar-refractivity contribution in [3.63, 3.8) is 0 Å². The molecule has 0 bridgehead atoms. The van der Waals surface area contributed by atoms with E-state index >= 15 is 0 Å². The smallest absolute Gasteiger partial charge is 0.326 e. The van der Waals surface area contributed by atoms with Crippen LogP contribution < -0.4 is 0 Å². The predicted octanol–water partition coefficient (Wildman–Crippen LogP) is 1.62. The van der Waals surface area contributed by atoms with Gasteiger partial charge in [-0.05, 0) is 12.5 Å². The van der Waals surface area contributed by atoms with Crippen molar-refractivity contribution in [1.29, 1.82) is 0 Å². The zero-order valence-corrected chi connectivity index (χ0v) is 20.5. The Hall–Kier alpha value is -1.91. The minimum Gasteiger partial charge on any atom is -0.468 e. The van der Waals surface area contributed by atoms with Gasteiger partial charge in [0, 0.05) is 40.0 Å². The molecule has 0 spiro atoms. The molecule has 0 aromatic heterocycles. The molecule has 0 N–H and O–H groups in total. The Morgan fingerprint density at radius 2 is 1.24 bits per heavy atom. The molecule has 2 atom stereocenters. The van der Waals surface area contributed by atoms with Gasteiger partial charge in [0.15, 0.2) is 5.41 Å². The molecule has 2 unspecified atom stereocenters. The molecule has 1 rings (SSSR count). The van der Waals surface area contributed by atoms with Gasteiger partial charge in [0.2, 0.25) is 0 Å². The SMILES string of the molecule is [C-]#[O+].[C-]#[O+].[C-]#[O+].[C-]#[O+].[C-]#[O+].[C-]#[O+].[CH]=[C]C1CC(C(=O)OC)(C(=O)OC)C(CCCCC)O1.[Co].[Co]. The first-order valence-corrected chi connectivity index (χ1v) is 8.07. The van der Waals surface area contributed by atoms with Gasteiger partial charge in [0.05, 0.1) is 26.4 Å². The molecule has 1 saturated heterocycles. The molecule has 1 fully saturated rings. The van der Waals surface area contributed by atoms with Gasteiger partial charge in [0.25, 0.3) is 0 Å². The maximum atomic E-state index is 12.2. The largest absolute Gasteiger partial charge is 0.468 e. The Balaban J connectivity index is -0.0000000700. The number of methoxy groups -OCH3 is 2. The fourth-order valence-corrected chi connectivity index (χ4v) is 2.66. The summed E-state index contributed by atoms with van der Waals surface area (Å²) in [6.07, 6.45) is 4.88. The van der Waals surface area contributed by atoms with E-state index in [1.807, 2.05) is 0 Å². The van der Waals surface area contributed by atoms with Crippen LogP contribution in [-0.4, -0.2) is 38.4 Å². The van der Waals surface area contributed by atoms with Crippen molar-refractivity contribution < 1.29 is 85.3 Å². The normalized spacial score (nSPS) is 14.6. The van der Waals surface area contributed by atoms with Crippen LogP contribution >= 0.6 is 0 Å². The van der Waals surface area contributed by atoms with Crippen molar-refractivity contribution in [2.24, 2.45) is 5.41 Å². The fraction of sp³-hybridized carbons (Fsp3) is 0.524. The van der Waals surface area contributed by atoms with Crippen molar-refractivity contribution in [2.75, 3.05) is 14.2 Å². The molecule has 190 valence electrons. The number of hydrogen-bond donors (Lipinski definition) is 0. The average Bonchev–Trinajstić information content (AvgIpc) is 3.30. The van der Waals surface area contributed by atoms with Crippen LogP contribution in [0.5, 0.6) is 0 Å². The molecule has 1 aliphatic heterocycles. The summed E-state index contributed by atoms with van der Waals surface area (Å²) in [5.74, 6) is -1.27. The maximum absolute atomic E-state index is 12.2. The topological polar surface area (TPSA) is 181 Å². The molecule has 13 heteroatoms. The molecular weight excluding hydrogens is 546 g/mol. The molecule has 1 heterocycles. The third-order valence-electron chi connectivity index (χ3n) is 3.74. The van der Waals surface area contributed by atoms with E-state index < -0.39 is 29.6 Å². The van der Waals surface area contributed by atoms with E-state index in [2.05, 4.69) is 52.9 Å². The molecule has 1 aliphatic rings. The van der Waals surface area contributed by atoms with Crippen LogP contribution in [0.4, 0.5) is 0 Å². The van der Waals surface area contributed by atoms with Crippen LogP contribution in [0.25, 0.3) is 0 Å². The second kappa shape index (κ2) is 44.7. The van der Waals surface area contributed by atoms with Gasteiger partial charge in [0.1, 0.15) is 0 Å². The predicted molar refractivity (Wildman–Crippen MR) is 95.0 cm³/mol. The third kappa shape index (κ3) is 19.6. The van der Waals surface area contributed by atoms with E-state index in [0.29, 0.717) is 6.42 Å². The van der Waals surface area contributed by atoms with Crippen LogP contribution in [0.1, 0.15) is 39.0 Å². The number of carbonyl (C=O) groups is 2. The van der Waals surface area contributed by atoms with Crippen LogP contribution in [-0.2, 0) is 85.3 Å². The second-order valence-electron chi connectivity index (χ2n) is 4.93. The molecule has 0 saturated carbocycles. The summed E-state index contributed by atoms with van der Waals surface area (Å²) in [5.41, 5.74) is -1.44. The number of hydrogen-bond acceptors (Lipinski definition) is 5. The molecule has 0 amide bonds. The Labute approximate surface area is 220 Å². The molecular formula is C21H22Co2O11. The molecule has 11 nitrogen and oxygen atoms in total. The van der Waals surface area contributed by atoms with Gasteiger partial charge in [-0.25, -0.2) is 0 Å². The summed E-state index contributed by atoms with van der Waals surface area (Å²) >= 11 is 0. The minimum absolute atomic E-state index is 0. The van der Waals surface area contributed by atoms with Crippen molar-refractivity contribution in [2.45, 2.75) is 51.2 Å². The van der Waals surface area contributed by atoms with Gasteiger partial charge in [-0.3, -0.25) is 9.59 Å². The molecule has 0 aromatic rings. The summed E-state index contributed by atoms with van der Waals surface area (Å²) in [5, 5.41) is 0. The number of esters is 2. The van der Waals surface area contributed by atoms with E-state index in [1.165, 1.54) is 14.2 Å². The fourth-order valence-electron chi connectivity index (χ4n) is 2.66. The van der Waals surface area contributed by atoms with Crippen molar-refractivity contribution in [3.05, 3.63) is 52.6 Å². The summed E-state index contributed by atoms with van der Waals surface area (Å²) in [4.78, 5) is 24.3. The quantitative estimate of drug-likeness (QED) is 0.149. The Kier molecular flexibility index (Phi) is 70.3. The van der Waals surface area contributed by atoms with Gasteiger partial charge < -0.3 is 14.2 Å². The van der Waals surface area contributed by atoms with E-state index in [9.17, 15) is 9.59 Å². The Morgan fingerprint density at radius 3 is 1.50 bits per heavy atom. The van der Waals surface area contributed by atoms with Crippen LogP contribution in [0.15, 0.2) is 0 Å². The molecule has 0 aliphatic carbocycles. The van der Waals surface area contributed by atoms with E-state index in [4.69, 9.17) is 48.7 Å². The van der Waals surface area contributed by atoms with E-state index in [-0.39, 0.29) is 40.0 Å². The standard InChI is InChI=1S/C15H22O5.6CO.2Co/c1-5-7-8-9-12-15(13(16)18-3,14(17)19-4)10-11(6-2)20-12;6*1-2;;/h2,11-12H,5,7-10H2,1,3-4H3;;;;;;;;. The first kappa shape index (κ1) is 53.5. The molecule has 34 heavy (non-hydrogen) atoms.